The number of nitrogens with zero attached hydrogens (tertiary/aromatic N) is 1. The minimum atomic E-state index is -0.234. The molecule has 0 aliphatic carbocycles. The van der Waals surface area contributed by atoms with Gasteiger partial charge in [0.15, 0.2) is 0 Å². The number of carbonyl (C=O) groups is 2. The summed E-state index contributed by atoms with van der Waals surface area (Å²) in [7, 11) is 1.49. The number of carbonyl (C=O) groups excluding carboxylic acids is 2. The van der Waals surface area contributed by atoms with Gasteiger partial charge < -0.3 is 4.74 Å². The van der Waals surface area contributed by atoms with Crippen molar-refractivity contribution in [2.75, 3.05) is 7.11 Å². The Hall–Kier alpha value is -3.44. The number of halogens is 1. The van der Waals surface area contributed by atoms with E-state index in [1.54, 1.807) is 24.3 Å². The van der Waals surface area contributed by atoms with Crippen LogP contribution in [-0.2, 0) is 24.1 Å². The summed E-state index contributed by atoms with van der Waals surface area (Å²) in [4.78, 5) is 26.5. The molecule has 3 aromatic rings. The lowest BCUT2D eigenvalue weighted by molar-refractivity contribution is 0.0642. The Kier molecular flexibility index (Phi) is 6.88. The van der Waals surface area contributed by atoms with Crippen molar-refractivity contribution >= 4 is 30.1 Å². The Labute approximate surface area is 187 Å². The smallest absolute Gasteiger partial charge is 0.261 e. The summed E-state index contributed by atoms with van der Waals surface area (Å²) < 4.78 is 4.94. The van der Waals surface area contributed by atoms with E-state index in [9.17, 15) is 9.59 Å². The van der Waals surface area contributed by atoms with Crippen molar-refractivity contribution in [3.63, 3.8) is 0 Å². The molecule has 0 saturated heterocycles. The Bertz CT molecular complexity index is 1090. The Morgan fingerprint density at radius 3 is 2.00 bits per heavy atom. The maximum Gasteiger partial charge on any atom is 0.261 e. The Morgan fingerprint density at radius 1 is 0.806 bits per heavy atom. The summed E-state index contributed by atoms with van der Waals surface area (Å²) in [5, 5.41) is 7.70. The van der Waals surface area contributed by atoms with E-state index in [0.29, 0.717) is 11.1 Å². The van der Waals surface area contributed by atoms with Crippen LogP contribution in [0.2, 0.25) is 0 Å². The van der Waals surface area contributed by atoms with Gasteiger partial charge in [-0.25, -0.2) is 0 Å². The number of benzene rings is 3. The van der Waals surface area contributed by atoms with Crippen LogP contribution in [0, 0.1) is 5.41 Å². The molecular weight excluding hydrogens is 412 g/mol. The van der Waals surface area contributed by atoms with Crippen LogP contribution in [0.4, 0.5) is 0 Å². The molecule has 1 aliphatic rings. The lowest BCUT2D eigenvalue weighted by Crippen LogP contribution is -2.29. The molecular formula is C25H23ClN2O3. The second-order valence-electron chi connectivity index (χ2n) is 7.29. The van der Waals surface area contributed by atoms with Crippen LogP contribution in [0.3, 0.4) is 0 Å². The zero-order valence-corrected chi connectivity index (χ0v) is 17.9. The molecule has 6 heteroatoms. The number of imide groups is 1. The second-order valence-corrected chi connectivity index (χ2v) is 7.29. The van der Waals surface area contributed by atoms with E-state index in [-0.39, 0.29) is 36.7 Å². The fraction of sp³-hybridized carbons (Fsp3) is 0.160. The molecule has 1 heterocycles. The van der Waals surface area contributed by atoms with Crippen LogP contribution in [0.5, 0.6) is 0 Å². The van der Waals surface area contributed by atoms with Gasteiger partial charge in [0.2, 0.25) is 5.90 Å². The number of hydrogen-bond acceptors (Lipinski definition) is 4. The zero-order valence-electron chi connectivity index (χ0n) is 17.1. The molecule has 0 bridgehead atoms. The van der Waals surface area contributed by atoms with Crippen LogP contribution in [0.25, 0.3) is 0 Å². The van der Waals surface area contributed by atoms with Gasteiger partial charge in [-0.2, -0.15) is 0 Å². The summed E-state index contributed by atoms with van der Waals surface area (Å²) in [5.74, 6) is -0.312. The Morgan fingerprint density at radius 2 is 1.39 bits per heavy atom. The van der Waals surface area contributed by atoms with Crippen molar-refractivity contribution in [2.24, 2.45) is 0 Å². The van der Waals surface area contributed by atoms with Gasteiger partial charge in [-0.3, -0.25) is 19.9 Å². The van der Waals surface area contributed by atoms with Gasteiger partial charge in [0.1, 0.15) is 0 Å². The molecule has 5 nitrogen and oxygen atoms in total. The maximum atomic E-state index is 12.6. The molecule has 0 unspecified atom stereocenters. The maximum absolute atomic E-state index is 12.6. The second kappa shape index (κ2) is 9.58. The number of methoxy groups -OCH3 is 1. The molecule has 0 atom stereocenters. The lowest BCUT2D eigenvalue weighted by atomic mass is 10.0. The van der Waals surface area contributed by atoms with Crippen LogP contribution < -0.4 is 0 Å². The SMILES string of the molecule is COC(=N)c1ccc(CCc2cccc(CN3C(=O)c4ccccc4C3=O)c2)cc1.Cl. The molecule has 2 amide bonds. The molecule has 31 heavy (non-hydrogen) atoms. The highest BCUT2D eigenvalue weighted by molar-refractivity contribution is 6.21. The fourth-order valence-corrected chi connectivity index (χ4v) is 3.68. The average molecular weight is 435 g/mol. The first-order valence-corrected chi connectivity index (χ1v) is 9.81. The van der Waals surface area contributed by atoms with Gasteiger partial charge in [-0.1, -0.05) is 48.5 Å². The van der Waals surface area contributed by atoms with Crippen molar-refractivity contribution in [3.8, 4) is 0 Å². The van der Waals surface area contributed by atoms with E-state index < -0.39 is 0 Å². The van der Waals surface area contributed by atoms with E-state index in [1.165, 1.54) is 17.6 Å². The van der Waals surface area contributed by atoms with Crippen molar-refractivity contribution in [1.82, 2.24) is 4.90 Å². The highest BCUT2D eigenvalue weighted by Gasteiger charge is 2.34. The molecule has 1 N–H and O–H groups in total. The van der Waals surface area contributed by atoms with Crippen molar-refractivity contribution in [3.05, 3.63) is 106 Å². The van der Waals surface area contributed by atoms with E-state index in [4.69, 9.17) is 10.1 Å². The minimum Gasteiger partial charge on any atom is -0.481 e. The first-order chi connectivity index (χ1) is 14.6. The molecule has 4 rings (SSSR count). The van der Waals surface area contributed by atoms with Gasteiger partial charge in [-0.15, -0.1) is 12.4 Å². The summed E-state index contributed by atoms with van der Waals surface area (Å²) >= 11 is 0. The van der Waals surface area contributed by atoms with Crippen LogP contribution in [0.1, 0.15) is 43.0 Å². The van der Waals surface area contributed by atoms with E-state index >= 15 is 0 Å². The monoisotopic (exact) mass is 434 g/mol. The molecule has 3 aromatic carbocycles. The summed E-state index contributed by atoms with van der Waals surface area (Å²) in [6.45, 7) is 0.272. The zero-order chi connectivity index (χ0) is 21.1. The van der Waals surface area contributed by atoms with Crippen molar-refractivity contribution in [2.45, 2.75) is 19.4 Å². The van der Waals surface area contributed by atoms with Gasteiger partial charge in [-0.05, 0) is 53.8 Å². The van der Waals surface area contributed by atoms with E-state index in [1.807, 2.05) is 36.4 Å². The molecule has 0 spiro atoms. The molecule has 1 aliphatic heterocycles. The van der Waals surface area contributed by atoms with Crippen LogP contribution in [0.15, 0.2) is 72.8 Å². The number of aryl methyl sites for hydroxylation is 2. The summed E-state index contributed by atoms with van der Waals surface area (Å²) in [6.07, 6.45) is 1.70. The summed E-state index contributed by atoms with van der Waals surface area (Å²) in [6, 6.07) is 22.8. The van der Waals surface area contributed by atoms with E-state index in [0.717, 1.165) is 29.5 Å². The molecule has 0 radical (unpaired) electrons. The molecule has 158 valence electrons. The van der Waals surface area contributed by atoms with Gasteiger partial charge >= 0.3 is 0 Å². The fourth-order valence-electron chi connectivity index (χ4n) is 3.68. The van der Waals surface area contributed by atoms with Gasteiger partial charge in [0.05, 0.1) is 24.8 Å². The molecule has 0 fully saturated rings. The van der Waals surface area contributed by atoms with Gasteiger partial charge in [0, 0.05) is 5.56 Å². The number of hydrogen-bond donors (Lipinski definition) is 1. The van der Waals surface area contributed by atoms with Crippen LogP contribution >= 0.6 is 12.4 Å². The van der Waals surface area contributed by atoms with Crippen molar-refractivity contribution in [1.29, 1.82) is 5.41 Å². The first-order valence-electron chi connectivity index (χ1n) is 9.81. The third-order valence-electron chi connectivity index (χ3n) is 5.33. The predicted molar refractivity (Wildman–Crippen MR) is 122 cm³/mol. The predicted octanol–water partition coefficient (Wildman–Crippen LogP) is 4.66. The third kappa shape index (κ3) is 4.67. The number of nitrogens with one attached hydrogen (secondary N) is 1. The third-order valence-corrected chi connectivity index (χ3v) is 5.33. The lowest BCUT2D eigenvalue weighted by Gasteiger charge is -2.14. The highest BCUT2D eigenvalue weighted by Crippen LogP contribution is 2.24. The Balaban J connectivity index is 0.00000272. The van der Waals surface area contributed by atoms with Gasteiger partial charge in [0.25, 0.3) is 11.8 Å². The minimum absolute atomic E-state index is 0. The number of amides is 2. The topological polar surface area (TPSA) is 70.5 Å². The summed E-state index contributed by atoms with van der Waals surface area (Å²) in [5.41, 5.74) is 4.97. The quantitative estimate of drug-likeness (QED) is 0.348. The normalized spacial score (nSPS) is 12.4. The largest absolute Gasteiger partial charge is 0.481 e. The number of rotatable bonds is 6. The van der Waals surface area contributed by atoms with Crippen molar-refractivity contribution < 1.29 is 14.3 Å². The number of ether oxygens (including phenoxy) is 1. The molecule has 0 saturated carbocycles. The highest BCUT2D eigenvalue weighted by atomic mass is 35.5. The van der Waals surface area contributed by atoms with Crippen LogP contribution in [-0.4, -0.2) is 29.7 Å². The van der Waals surface area contributed by atoms with E-state index in [2.05, 4.69) is 12.1 Å². The first kappa shape index (κ1) is 22.2. The average Bonchev–Trinajstić information content (AvgIpc) is 3.03. The standard InChI is InChI=1S/C25H22N2O3.ClH/c1-30-23(26)20-13-11-17(12-14-20)9-10-18-5-4-6-19(15-18)16-27-24(28)21-7-2-3-8-22(21)25(27)29;/h2-8,11-15,26H,9-10,16H2,1H3;1H. The number of fused-ring (bicyclic) bond motifs is 1. The molecule has 0 aromatic heterocycles.